The predicted octanol–water partition coefficient (Wildman–Crippen LogP) is 4.29. The first-order valence-electron chi connectivity index (χ1n) is 9.18. The molecule has 2 aromatic heterocycles. The van der Waals surface area contributed by atoms with Gasteiger partial charge in [0.2, 0.25) is 0 Å². The summed E-state index contributed by atoms with van der Waals surface area (Å²) in [5.74, 6) is 0.392. The lowest BCUT2D eigenvalue weighted by Crippen LogP contribution is -2.20. The van der Waals surface area contributed by atoms with E-state index in [1.54, 1.807) is 29.5 Å². The number of carbonyl (C=O) groups excluding carboxylic acids is 2. The predicted molar refractivity (Wildman–Crippen MR) is 116 cm³/mol. The highest BCUT2D eigenvalue weighted by atomic mass is 32.1. The average Bonchev–Trinajstić information content (AvgIpc) is 3.34. The molecule has 1 N–H and O–H groups in total. The molecule has 0 saturated carbocycles. The third-order valence-electron chi connectivity index (χ3n) is 4.50. The van der Waals surface area contributed by atoms with Gasteiger partial charge in [-0.3, -0.25) is 14.0 Å². The number of aromatic nitrogens is 2. The van der Waals surface area contributed by atoms with Gasteiger partial charge in [0, 0.05) is 28.9 Å². The van der Waals surface area contributed by atoms with E-state index in [2.05, 4.69) is 10.3 Å². The van der Waals surface area contributed by atoms with E-state index >= 15 is 0 Å². The number of methoxy groups -OCH3 is 1. The Morgan fingerprint density at radius 1 is 1.17 bits per heavy atom. The number of nitrogens with one attached hydrogen (secondary N) is 1. The topological polar surface area (TPSA) is 81.9 Å². The molecular weight excluding hydrogens is 402 g/mol. The van der Waals surface area contributed by atoms with Crippen molar-refractivity contribution in [2.75, 3.05) is 19.0 Å². The van der Waals surface area contributed by atoms with Crippen LogP contribution in [-0.2, 0) is 4.79 Å². The first kappa shape index (κ1) is 19.7. The minimum Gasteiger partial charge on any atom is -0.493 e. The van der Waals surface area contributed by atoms with Gasteiger partial charge in [-0.05, 0) is 31.2 Å². The second-order valence-electron chi connectivity index (χ2n) is 6.52. The first-order valence-corrected chi connectivity index (χ1v) is 10.1. The minimum atomic E-state index is -0.318. The molecule has 0 aliphatic rings. The molecule has 7 nitrogen and oxygen atoms in total. The number of thiazole rings is 1. The third kappa shape index (κ3) is 4.04. The van der Waals surface area contributed by atoms with Crippen LogP contribution in [-0.4, -0.2) is 34.8 Å². The molecule has 2 heterocycles. The van der Waals surface area contributed by atoms with E-state index in [9.17, 15) is 9.59 Å². The Balaban J connectivity index is 1.48. The SMILES string of the molecule is COc1cc(C(C)=O)ccc1OCC(=O)Nc1ccccc1-c1cn2ccsc2n1. The number of ketones is 1. The van der Waals surface area contributed by atoms with Crippen molar-refractivity contribution in [1.29, 1.82) is 0 Å². The van der Waals surface area contributed by atoms with Crippen LogP contribution in [0.25, 0.3) is 16.2 Å². The highest BCUT2D eigenvalue weighted by Crippen LogP contribution is 2.30. The standard InChI is InChI=1S/C22H19N3O4S/c1-14(26)15-7-8-19(20(11-15)28-2)29-13-21(27)23-17-6-4-3-5-16(17)18-12-25-9-10-30-22(25)24-18/h3-12H,13H2,1-2H3,(H,23,27). The summed E-state index contributed by atoms with van der Waals surface area (Å²) in [6.45, 7) is 1.27. The molecular formula is C22H19N3O4S. The maximum atomic E-state index is 12.5. The highest BCUT2D eigenvalue weighted by molar-refractivity contribution is 7.15. The second kappa shape index (κ2) is 8.38. The van der Waals surface area contributed by atoms with Gasteiger partial charge < -0.3 is 14.8 Å². The number of ether oxygens (including phenoxy) is 2. The molecule has 0 atom stereocenters. The number of fused-ring (bicyclic) bond motifs is 1. The fourth-order valence-electron chi connectivity index (χ4n) is 3.01. The van der Waals surface area contributed by atoms with E-state index in [-0.39, 0.29) is 18.3 Å². The Hall–Kier alpha value is -3.65. The maximum Gasteiger partial charge on any atom is 0.262 e. The Morgan fingerprint density at radius 3 is 2.77 bits per heavy atom. The molecule has 1 amide bonds. The Kier molecular flexibility index (Phi) is 5.49. The van der Waals surface area contributed by atoms with Crippen molar-refractivity contribution in [2.24, 2.45) is 0 Å². The summed E-state index contributed by atoms with van der Waals surface area (Å²) in [5.41, 5.74) is 2.76. The fraction of sp³-hybridized carbons (Fsp3) is 0.136. The van der Waals surface area contributed by atoms with E-state index in [0.717, 1.165) is 16.2 Å². The molecule has 0 radical (unpaired) electrons. The van der Waals surface area contributed by atoms with E-state index < -0.39 is 0 Å². The number of hydrogen-bond donors (Lipinski definition) is 1. The van der Waals surface area contributed by atoms with Crippen LogP contribution in [0.4, 0.5) is 5.69 Å². The molecule has 4 rings (SSSR count). The lowest BCUT2D eigenvalue weighted by Gasteiger charge is -2.13. The molecule has 0 spiro atoms. The van der Waals surface area contributed by atoms with E-state index in [4.69, 9.17) is 9.47 Å². The smallest absolute Gasteiger partial charge is 0.262 e. The van der Waals surface area contributed by atoms with E-state index in [1.807, 2.05) is 46.4 Å². The van der Waals surface area contributed by atoms with Gasteiger partial charge in [0.1, 0.15) is 0 Å². The maximum absolute atomic E-state index is 12.5. The fourth-order valence-corrected chi connectivity index (χ4v) is 3.71. The zero-order chi connectivity index (χ0) is 21.1. The van der Waals surface area contributed by atoms with Crippen molar-refractivity contribution in [3.05, 3.63) is 65.8 Å². The van der Waals surface area contributed by atoms with Gasteiger partial charge in [0.25, 0.3) is 5.91 Å². The zero-order valence-electron chi connectivity index (χ0n) is 16.4. The van der Waals surface area contributed by atoms with E-state index in [0.29, 0.717) is 22.7 Å². The minimum absolute atomic E-state index is 0.0756. The molecule has 4 aromatic rings. The van der Waals surface area contributed by atoms with Gasteiger partial charge in [0.15, 0.2) is 28.9 Å². The monoisotopic (exact) mass is 421 g/mol. The largest absolute Gasteiger partial charge is 0.493 e. The summed E-state index contributed by atoms with van der Waals surface area (Å²) in [6, 6.07) is 12.3. The highest BCUT2D eigenvalue weighted by Gasteiger charge is 2.14. The summed E-state index contributed by atoms with van der Waals surface area (Å²) in [6.07, 6.45) is 3.87. The number of benzene rings is 2. The summed E-state index contributed by atoms with van der Waals surface area (Å²) >= 11 is 1.55. The van der Waals surface area contributed by atoms with Crippen molar-refractivity contribution in [3.8, 4) is 22.8 Å². The number of para-hydroxylation sites is 1. The summed E-state index contributed by atoms with van der Waals surface area (Å²) in [4.78, 5) is 29.5. The van der Waals surface area contributed by atoms with E-state index in [1.165, 1.54) is 14.0 Å². The van der Waals surface area contributed by atoms with Gasteiger partial charge >= 0.3 is 0 Å². The summed E-state index contributed by atoms with van der Waals surface area (Å²) < 4.78 is 12.8. The second-order valence-corrected chi connectivity index (χ2v) is 7.40. The van der Waals surface area contributed by atoms with Crippen molar-refractivity contribution in [2.45, 2.75) is 6.92 Å². The molecule has 0 aliphatic carbocycles. The average molecular weight is 421 g/mol. The molecule has 0 fully saturated rings. The molecule has 0 aliphatic heterocycles. The molecule has 8 heteroatoms. The van der Waals surface area contributed by atoms with Crippen LogP contribution in [0, 0.1) is 0 Å². The van der Waals surface area contributed by atoms with Crippen LogP contribution in [0.5, 0.6) is 11.5 Å². The molecule has 2 aromatic carbocycles. The van der Waals surface area contributed by atoms with Crippen LogP contribution in [0.2, 0.25) is 0 Å². The lowest BCUT2D eigenvalue weighted by molar-refractivity contribution is -0.118. The number of nitrogens with zero attached hydrogens (tertiary/aromatic N) is 2. The van der Waals surface area contributed by atoms with Crippen molar-refractivity contribution < 1.29 is 19.1 Å². The summed E-state index contributed by atoms with van der Waals surface area (Å²) in [5, 5.41) is 4.84. The third-order valence-corrected chi connectivity index (χ3v) is 5.27. The number of Topliss-reactive ketones (excluding diaryl/α,β-unsaturated/α-hetero) is 1. The first-order chi connectivity index (χ1) is 14.5. The Morgan fingerprint density at radius 2 is 2.00 bits per heavy atom. The van der Waals surface area contributed by atoms with Gasteiger partial charge in [-0.1, -0.05) is 18.2 Å². The van der Waals surface area contributed by atoms with Crippen LogP contribution in [0.15, 0.2) is 60.2 Å². The van der Waals surface area contributed by atoms with Gasteiger partial charge in [-0.2, -0.15) is 0 Å². The zero-order valence-corrected chi connectivity index (χ0v) is 17.2. The number of amides is 1. The van der Waals surface area contributed by atoms with Crippen LogP contribution in [0.3, 0.4) is 0 Å². The number of carbonyl (C=O) groups is 2. The summed E-state index contributed by atoms with van der Waals surface area (Å²) in [7, 11) is 1.48. The van der Waals surface area contributed by atoms with Gasteiger partial charge in [-0.25, -0.2) is 4.98 Å². The number of rotatable bonds is 7. The normalized spacial score (nSPS) is 10.7. The number of hydrogen-bond acceptors (Lipinski definition) is 6. The number of imidazole rings is 1. The van der Waals surface area contributed by atoms with Crippen LogP contribution >= 0.6 is 11.3 Å². The molecule has 30 heavy (non-hydrogen) atoms. The van der Waals surface area contributed by atoms with Crippen molar-refractivity contribution in [3.63, 3.8) is 0 Å². The molecule has 0 bridgehead atoms. The quantitative estimate of drug-likeness (QED) is 0.450. The van der Waals surface area contributed by atoms with Gasteiger partial charge in [0.05, 0.1) is 18.5 Å². The lowest BCUT2D eigenvalue weighted by atomic mass is 10.1. The van der Waals surface area contributed by atoms with Crippen molar-refractivity contribution >= 4 is 33.7 Å². The molecule has 0 unspecified atom stereocenters. The molecule has 152 valence electrons. The van der Waals surface area contributed by atoms with Crippen molar-refractivity contribution in [1.82, 2.24) is 9.38 Å². The van der Waals surface area contributed by atoms with Crippen LogP contribution in [0.1, 0.15) is 17.3 Å². The number of anilines is 1. The Labute approximate surface area is 176 Å². The van der Waals surface area contributed by atoms with Crippen LogP contribution < -0.4 is 14.8 Å². The Bertz CT molecular complexity index is 1200. The molecule has 0 saturated heterocycles. The van der Waals surface area contributed by atoms with Gasteiger partial charge in [-0.15, -0.1) is 11.3 Å².